The average molecular weight is 420 g/mol. The number of hydrogen-bond donors (Lipinski definition) is 1. The van der Waals surface area contributed by atoms with Crippen LogP contribution in [0.5, 0.6) is 5.75 Å². The molecule has 148 valence electrons. The first-order chi connectivity index (χ1) is 13.3. The van der Waals surface area contributed by atoms with Gasteiger partial charge < -0.3 is 14.6 Å². The van der Waals surface area contributed by atoms with Crippen LogP contribution in [0.25, 0.3) is 5.69 Å². The highest BCUT2D eigenvalue weighted by molar-refractivity contribution is 7.88. The van der Waals surface area contributed by atoms with Gasteiger partial charge in [-0.15, -0.1) is 11.3 Å². The van der Waals surface area contributed by atoms with E-state index in [4.69, 9.17) is 4.74 Å². The number of benzene rings is 1. The topological polar surface area (TPSA) is 89.4 Å². The molecule has 0 fully saturated rings. The normalized spacial score (nSPS) is 14.7. The molecule has 0 radical (unpaired) electrons. The Morgan fingerprint density at radius 1 is 1.32 bits per heavy atom. The zero-order valence-electron chi connectivity index (χ0n) is 15.8. The first kappa shape index (κ1) is 18.9. The molecule has 3 heterocycles. The van der Waals surface area contributed by atoms with Crippen molar-refractivity contribution in [3.05, 3.63) is 47.0 Å². The smallest absolute Gasteiger partial charge is 0.211 e. The van der Waals surface area contributed by atoms with Crippen LogP contribution in [0.4, 0.5) is 10.8 Å². The molecule has 0 atom stereocenters. The Kier molecular flexibility index (Phi) is 4.86. The largest absolute Gasteiger partial charge is 0.494 e. The van der Waals surface area contributed by atoms with Crippen molar-refractivity contribution in [1.82, 2.24) is 18.8 Å². The SMILES string of the molecule is COc1cc(Nc2nc3c(s2)CN(S(C)(=O)=O)CC3)ccc1-n1cnc(C)c1. The minimum atomic E-state index is -3.19. The van der Waals surface area contributed by atoms with Gasteiger partial charge in [0.15, 0.2) is 5.13 Å². The van der Waals surface area contributed by atoms with Crippen molar-refractivity contribution >= 4 is 32.2 Å². The molecule has 1 aliphatic heterocycles. The lowest BCUT2D eigenvalue weighted by molar-refractivity contribution is 0.396. The van der Waals surface area contributed by atoms with Crippen molar-refractivity contribution in [3.8, 4) is 11.4 Å². The summed E-state index contributed by atoms with van der Waals surface area (Å²) in [5, 5.41) is 4.05. The molecular formula is C18H21N5O3S2. The number of aryl methyl sites for hydroxylation is 1. The van der Waals surface area contributed by atoms with E-state index in [1.807, 2.05) is 35.9 Å². The summed E-state index contributed by atoms with van der Waals surface area (Å²) in [6.45, 7) is 2.80. The number of hydrogen-bond acceptors (Lipinski definition) is 7. The zero-order valence-corrected chi connectivity index (χ0v) is 17.5. The molecule has 0 unspecified atom stereocenters. The Morgan fingerprint density at radius 2 is 2.14 bits per heavy atom. The number of imidazole rings is 1. The molecule has 1 N–H and O–H groups in total. The second-order valence-electron chi connectivity index (χ2n) is 6.67. The number of aromatic nitrogens is 3. The van der Waals surface area contributed by atoms with Gasteiger partial charge in [-0.1, -0.05) is 0 Å². The summed E-state index contributed by atoms with van der Waals surface area (Å²) >= 11 is 1.48. The van der Waals surface area contributed by atoms with Crippen molar-refractivity contribution in [2.45, 2.75) is 19.9 Å². The number of thiazole rings is 1. The summed E-state index contributed by atoms with van der Waals surface area (Å²) < 4.78 is 32.5. The van der Waals surface area contributed by atoms with E-state index < -0.39 is 10.0 Å². The quantitative estimate of drug-likeness (QED) is 0.684. The summed E-state index contributed by atoms with van der Waals surface area (Å²) in [6.07, 6.45) is 5.56. The highest BCUT2D eigenvalue weighted by atomic mass is 32.2. The van der Waals surface area contributed by atoms with Crippen LogP contribution >= 0.6 is 11.3 Å². The molecule has 0 bridgehead atoms. The van der Waals surface area contributed by atoms with Gasteiger partial charge in [0, 0.05) is 42.3 Å². The maximum absolute atomic E-state index is 11.8. The van der Waals surface area contributed by atoms with E-state index in [9.17, 15) is 8.42 Å². The molecule has 10 heteroatoms. The lowest BCUT2D eigenvalue weighted by atomic mass is 10.2. The summed E-state index contributed by atoms with van der Waals surface area (Å²) in [6, 6.07) is 5.82. The fourth-order valence-corrected chi connectivity index (χ4v) is 5.07. The molecule has 4 rings (SSSR count). The minimum absolute atomic E-state index is 0.385. The van der Waals surface area contributed by atoms with Crippen LogP contribution in [0.2, 0.25) is 0 Å². The summed E-state index contributed by atoms with van der Waals surface area (Å²) in [5.74, 6) is 0.715. The number of rotatable bonds is 5. The third-order valence-electron chi connectivity index (χ3n) is 4.59. The molecule has 28 heavy (non-hydrogen) atoms. The second kappa shape index (κ2) is 7.19. The van der Waals surface area contributed by atoms with Crippen LogP contribution in [-0.2, 0) is 23.0 Å². The molecule has 0 saturated carbocycles. The Labute approximate surface area is 167 Å². The van der Waals surface area contributed by atoms with E-state index in [1.165, 1.54) is 21.9 Å². The van der Waals surface area contributed by atoms with Crippen molar-refractivity contribution < 1.29 is 13.2 Å². The van der Waals surface area contributed by atoms with Crippen molar-refractivity contribution in [3.63, 3.8) is 0 Å². The standard InChI is InChI=1S/C18H21N5O3S2/c1-12-9-22(11-19-12)15-5-4-13(8-16(15)26-2)20-18-21-14-6-7-23(28(3,24)25)10-17(14)27-18/h4-5,8-9,11H,6-7,10H2,1-3H3,(H,20,21). The van der Waals surface area contributed by atoms with Crippen molar-refractivity contribution in [2.75, 3.05) is 25.2 Å². The predicted molar refractivity (Wildman–Crippen MR) is 109 cm³/mol. The van der Waals surface area contributed by atoms with Gasteiger partial charge in [-0.25, -0.2) is 18.4 Å². The number of fused-ring (bicyclic) bond motifs is 1. The minimum Gasteiger partial charge on any atom is -0.494 e. The molecule has 2 aromatic heterocycles. The monoisotopic (exact) mass is 419 g/mol. The molecular weight excluding hydrogens is 398 g/mol. The van der Waals surface area contributed by atoms with E-state index in [-0.39, 0.29) is 0 Å². The first-order valence-electron chi connectivity index (χ1n) is 8.73. The van der Waals surface area contributed by atoms with Crippen LogP contribution in [0.3, 0.4) is 0 Å². The van der Waals surface area contributed by atoms with Crippen molar-refractivity contribution in [2.24, 2.45) is 0 Å². The lowest BCUT2D eigenvalue weighted by Crippen LogP contribution is -2.34. The molecule has 8 nitrogen and oxygen atoms in total. The fraction of sp³-hybridized carbons (Fsp3) is 0.333. The molecule has 1 aromatic carbocycles. The Morgan fingerprint density at radius 3 is 2.82 bits per heavy atom. The maximum Gasteiger partial charge on any atom is 0.211 e. The highest BCUT2D eigenvalue weighted by Gasteiger charge is 2.26. The zero-order chi connectivity index (χ0) is 19.9. The Hall–Kier alpha value is -2.43. The molecule has 0 amide bonds. The van der Waals surface area contributed by atoms with Gasteiger partial charge in [-0.2, -0.15) is 4.31 Å². The van der Waals surface area contributed by atoms with Crippen LogP contribution in [0, 0.1) is 6.92 Å². The average Bonchev–Trinajstić information content (AvgIpc) is 3.25. The fourth-order valence-electron chi connectivity index (χ4n) is 3.15. The second-order valence-corrected chi connectivity index (χ2v) is 9.74. The number of sulfonamides is 1. The Balaban J connectivity index is 1.56. The van der Waals surface area contributed by atoms with Crippen LogP contribution in [0.15, 0.2) is 30.7 Å². The van der Waals surface area contributed by atoms with Gasteiger partial charge in [0.2, 0.25) is 10.0 Å². The maximum atomic E-state index is 11.8. The van der Waals surface area contributed by atoms with E-state index in [2.05, 4.69) is 15.3 Å². The number of nitrogens with zero attached hydrogens (tertiary/aromatic N) is 4. The van der Waals surface area contributed by atoms with E-state index in [1.54, 1.807) is 13.4 Å². The van der Waals surface area contributed by atoms with E-state index in [0.29, 0.717) is 25.3 Å². The van der Waals surface area contributed by atoms with E-state index in [0.717, 1.165) is 32.8 Å². The van der Waals surface area contributed by atoms with Crippen LogP contribution in [0.1, 0.15) is 16.3 Å². The highest BCUT2D eigenvalue weighted by Crippen LogP contribution is 2.33. The Bertz CT molecular complexity index is 1120. The van der Waals surface area contributed by atoms with Gasteiger partial charge >= 0.3 is 0 Å². The number of ether oxygens (including phenoxy) is 1. The molecule has 1 aliphatic rings. The van der Waals surface area contributed by atoms with Crippen LogP contribution in [-0.4, -0.2) is 47.2 Å². The third kappa shape index (κ3) is 3.75. The van der Waals surface area contributed by atoms with Gasteiger partial charge in [-0.3, -0.25) is 0 Å². The van der Waals surface area contributed by atoms with Gasteiger partial charge in [0.1, 0.15) is 5.75 Å². The van der Waals surface area contributed by atoms with Gasteiger partial charge in [-0.05, 0) is 19.1 Å². The third-order valence-corrected chi connectivity index (χ3v) is 6.83. The van der Waals surface area contributed by atoms with E-state index >= 15 is 0 Å². The molecule has 3 aromatic rings. The lowest BCUT2D eigenvalue weighted by Gasteiger charge is -2.23. The first-order valence-corrected chi connectivity index (χ1v) is 11.4. The van der Waals surface area contributed by atoms with Gasteiger partial charge in [0.25, 0.3) is 0 Å². The van der Waals surface area contributed by atoms with Gasteiger partial charge in [0.05, 0.1) is 36.8 Å². The molecule has 0 spiro atoms. The molecule has 0 saturated heterocycles. The number of methoxy groups -OCH3 is 1. The predicted octanol–water partition coefficient (Wildman–Crippen LogP) is 2.71. The summed E-state index contributed by atoms with van der Waals surface area (Å²) in [4.78, 5) is 9.87. The number of anilines is 2. The molecule has 0 aliphatic carbocycles. The van der Waals surface area contributed by atoms with Crippen molar-refractivity contribution in [1.29, 1.82) is 0 Å². The summed E-state index contributed by atoms with van der Waals surface area (Å²) in [5.41, 5.74) is 3.64. The number of nitrogens with one attached hydrogen (secondary N) is 1. The van der Waals surface area contributed by atoms with Crippen LogP contribution < -0.4 is 10.1 Å². The summed E-state index contributed by atoms with van der Waals surface area (Å²) in [7, 11) is -1.56.